The maximum absolute atomic E-state index is 11.6. The first-order chi connectivity index (χ1) is 11.4. The number of benzene rings is 1. The summed E-state index contributed by atoms with van der Waals surface area (Å²) in [5, 5.41) is 5.98. The summed E-state index contributed by atoms with van der Waals surface area (Å²) >= 11 is 1.51. The molecule has 0 unspecified atom stereocenters. The second kappa shape index (κ2) is 6.66. The molecule has 0 amide bonds. The van der Waals surface area contributed by atoms with Crippen molar-refractivity contribution in [2.75, 3.05) is 22.9 Å². The second-order valence-corrected chi connectivity index (χ2v) is 8.12. The molecule has 0 spiro atoms. The van der Waals surface area contributed by atoms with Gasteiger partial charge in [0.15, 0.2) is 5.13 Å². The summed E-state index contributed by atoms with van der Waals surface area (Å²) in [6.07, 6.45) is 2.82. The molecule has 0 aliphatic heterocycles. The van der Waals surface area contributed by atoms with Crippen molar-refractivity contribution in [3.8, 4) is 11.3 Å². The Morgan fingerprint density at radius 3 is 2.62 bits per heavy atom. The minimum atomic E-state index is -3.26. The average molecular weight is 363 g/mol. The maximum atomic E-state index is 11.6. The van der Waals surface area contributed by atoms with Crippen LogP contribution in [0.5, 0.6) is 0 Å². The van der Waals surface area contributed by atoms with Gasteiger partial charge in [-0.15, -0.1) is 11.3 Å². The summed E-state index contributed by atoms with van der Waals surface area (Å²) in [7, 11) is -1.73. The SMILES string of the molecule is CN(c1ccc(-c2csc(NCc3ccco3)n2)cc1)S(C)(=O)=O. The average Bonchev–Trinajstić information content (AvgIpc) is 3.23. The normalized spacial score (nSPS) is 11.4. The van der Waals surface area contributed by atoms with Gasteiger partial charge in [-0.2, -0.15) is 0 Å². The number of rotatable bonds is 6. The van der Waals surface area contributed by atoms with E-state index >= 15 is 0 Å². The zero-order valence-corrected chi connectivity index (χ0v) is 14.9. The summed E-state index contributed by atoms with van der Waals surface area (Å²) in [6.45, 7) is 0.581. The molecule has 8 heteroatoms. The summed E-state index contributed by atoms with van der Waals surface area (Å²) in [5.41, 5.74) is 2.39. The Bertz CT molecular complexity index is 900. The molecule has 2 aromatic heterocycles. The number of hydrogen-bond acceptors (Lipinski definition) is 6. The Balaban J connectivity index is 1.71. The minimum absolute atomic E-state index is 0.581. The van der Waals surface area contributed by atoms with Crippen molar-refractivity contribution in [1.82, 2.24) is 4.98 Å². The number of hydrogen-bond donors (Lipinski definition) is 1. The molecule has 6 nitrogen and oxygen atoms in total. The van der Waals surface area contributed by atoms with Gasteiger partial charge in [0.05, 0.1) is 30.4 Å². The van der Waals surface area contributed by atoms with E-state index in [-0.39, 0.29) is 0 Å². The van der Waals surface area contributed by atoms with Gasteiger partial charge in [-0.3, -0.25) is 4.31 Å². The van der Waals surface area contributed by atoms with Gasteiger partial charge in [0.25, 0.3) is 0 Å². The Morgan fingerprint density at radius 2 is 2.00 bits per heavy atom. The van der Waals surface area contributed by atoms with E-state index in [0.717, 1.165) is 22.1 Å². The quantitative estimate of drug-likeness (QED) is 0.726. The number of nitrogens with zero attached hydrogens (tertiary/aromatic N) is 2. The molecule has 0 fully saturated rings. The zero-order valence-electron chi connectivity index (χ0n) is 13.3. The molecule has 0 aliphatic carbocycles. The van der Waals surface area contributed by atoms with Gasteiger partial charge in [-0.25, -0.2) is 13.4 Å². The third kappa shape index (κ3) is 3.77. The molecule has 0 bridgehead atoms. The van der Waals surface area contributed by atoms with Gasteiger partial charge in [-0.1, -0.05) is 12.1 Å². The molecule has 3 rings (SSSR count). The number of furan rings is 1. The van der Waals surface area contributed by atoms with E-state index < -0.39 is 10.0 Å². The Hall–Kier alpha value is -2.32. The Labute approximate surface area is 144 Å². The summed E-state index contributed by atoms with van der Waals surface area (Å²) in [4.78, 5) is 4.54. The van der Waals surface area contributed by atoms with Crippen LogP contribution in [0.2, 0.25) is 0 Å². The van der Waals surface area contributed by atoms with Crippen molar-refractivity contribution in [2.24, 2.45) is 0 Å². The fraction of sp³-hybridized carbons (Fsp3) is 0.188. The lowest BCUT2D eigenvalue weighted by Crippen LogP contribution is -2.24. The number of thiazole rings is 1. The monoisotopic (exact) mass is 363 g/mol. The predicted molar refractivity (Wildman–Crippen MR) is 96.8 cm³/mol. The molecule has 1 N–H and O–H groups in total. The first-order valence-corrected chi connectivity index (χ1v) is 9.92. The molecule has 0 saturated carbocycles. The van der Waals surface area contributed by atoms with E-state index in [1.54, 1.807) is 18.4 Å². The summed E-state index contributed by atoms with van der Waals surface area (Å²) in [5.74, 6) is 0.847. The number of anilines is 2. The zero-order chi connectivity index (χ0) is 17.2. The lowest BCUT2D eigenvalue weighted by atomic mass is 10.1. The molecule has 2 heterocycles. The highest BCUT2D eigenvalue weighted by atomic mass is 32.2. The number of sulfonamides is 1. The Kier molecular flexibility index (Phi) is 4.59. The van der Waals surface area contributed by atoms with Crippen molar-refractivity contribution in [1.29, 1.82) is 0 Å². The summed E-state index contributed by atoms with van der Waals surface area (Å²) < 4.78 is 29.6. The van der Waals surface area contributed by atoms with E-state index in [0.29, 0.717) is 12.2 Å². The first-order valence-electron chi connectivity index (χ1n) is 7.19. The molecule has 0 radical (unpaired) electrons. The van der Waals surface area contributed by atoms with Crippen LogP contribution >= 0.6 is 11.3 Å². The molecule has 0 aliphatic rings. The number of nitrogens with one attached hydrogen (secondary N) is 1. The van der Waals surface area contributed by atoms with Gasteiger partial charge in [-0.05, 0) is 24.3 Å². The van der Waals surface area contributed by atoms with Crippen LogP contribution in [0.15, 0.2) is 52.5 Å². The smallest absolute Gasteiger partial charge is 0.231 e. The second-order valence-electron chi connectivity index (χ2n) is 5.25. The lowest BCUT2D eigenvalue weighted by molar-refractivity contribution is 0.518. The van der Waals surface area contributed by atoms with Crippen LogP contribution in [-0.2, 0) is 16.6 Å². The van der Waals surface area contributed by atoms with Crippen LogP contribution in [0.1, 0.15) is 5.76 Å². The maximum Gasteiger partial charge on any atom is 0.231 e. The number of aromatic nitrogens is 1. The largest absolute Gasteiger partial charge is 0.467 e. The Morgan fingerprint density at radius 1 is 1.25 bits per heavy atom. The molecule has 0 saturated heterocycles. The summed E-state index contributed by atoms with van der Waals surface area (Å²) in [6, 6.07) is 11.0. The van der Waals surface area contributed by atoms with E-state index in [9.17, 15) is 8.42 Å². The third-order valence-electron chi connectivity index (χ3n) is 3.52. The van der Waals surface area contributed by atoms with Crippen molar-refractivity contribution in [3.05, 3.63) is 53.8 Å². The van der Waals surface area contributed by atoms with Crippen molar-refractivity contribution in [3.63, 3.8) is 0 Å². The molecule has 24 heavy (non-hydrogen) atoms. The van der Waals surface area contributed by atoms with Gasteiger partial charge in [0, 0.05) is 18.0 Å². The van der Waals surface area contributed by atoms with Gasteiger partial charge in [0.2, 0.25) is 10.0 Å². The lowest BCUT2D eigenvalue weighted by Gasteiger charge is -2.16. The predicted octanol–water partition coefficient (Wildman–Crippen LogP) is 3.41. The van der Waals surface area contributed by atoms with Crippen LogP contribution < -0.4 is 9.62 Å². The molecular weight excluding hydrogens is 346 g/mol. The van der Waals surface area contributed by atoms with Crippen LogP contribution in [-0.4, -0.2) is 26.7 Å². The molecule has 1 aromatic carbocycles. The van der Waals surface area contributed by atoms with Crippen molar-refractivity contribution >= 4 is 32.2 Å². The van der Waals surface area contributed by atoms with Gasteiger partial charge in [0.1, 0.15) is 5.76 Å². The fourth-order valence-corrected chi connectivity index (χ4v) is 3.32. The standard InChI is InChI=1S/C16H17N3O3S2/c1-19(24(2,20)21)13-7-5-12(6-8-13)15-11-23-16(18-15)17-10-14-4-3-9-22-14/h3-9,11H,10H2,1-2H3,(H,17,18). The van der Waals surface area contributed by atoms with Crippen LogP contribution in [0.25, 0.3) is 11.3 Å². The highest BCUT2D eigenvalue weighted by molar-refractivity contribution is 7.92. The van der Waals surface area contributed by atoms with Crippen molar-refractivity contribution < 1.29 is 12.8 Å². The van der Waals surface area contributed by atoms with E-state index in [1.807, 2.05) is 29.6 Å². The van der Waals surface area contributed by atoms with E-state index in [4.69, 9.17) is 4.42 Å². The molecule has 126 valence electrons. The van der Waals surface area contributed by atoms with E-state index in [1.165, 1.54) is 28.9 Å². The minimum Gasteiger partial charge on any atom is -0.467 e. The fourth-order valence-electron chi connectivity index (χ4n) is 2.10. The van der Waals surface area contributed by atoms with Gasteiger partial charge < -0.3 is 9.73 Å². The third-order valence-corrected chi connectivity index (χ3v) is 5.53. The van der Waals surface area contributed by atoms with Crippen molar-refractivity contribution in [2.45, 2.75) is 6.54 Å². The highest BCUT2D eigenvalue weighted by Crippen LogP contribution is 2.27. The molecule has 0 atom stereocenters. The van der Waals surface area contributed by atoms with Crippen LogP contribution in [0.4, 0.5) is 10.8 Å². The highest BCUT2D eigenvalue weighted by Gasteiger charge is 2.12. The van der Waals surface area contributed by atoms with E-state index in [2.05, 4.69) is 10.3 Å². The van der Waals surface area contributed by atoms with Crippen LogP contribution in [0.3, 0.4) is 0 Å². The molecule has 3 aromatic rings. The topological polar surface area (TPSA) is 75.4 Å². The van der Waals surface area contributed by atoms with Crippen LogP contribution in [0, 0.1) is 0 Å². The molecular formula is C16H17N3O3S2. The van der Waals surface area contributed by atoms with Gasteiger partial charge >= 0.3 is 0 Å². The first kappa shape index (κ1) is 16.5.